The summed E-state index contributed by atoms with van der Waals surface area (Å²) < 4.78 is 25.8. The fourth-order valence-corrected chi connectivity index (χ4v) is 2.37. The summed E-state index contributed by atoms with van der Waals surface area (Å²) in [5.74, 6) is 0. The Hall–Kier alpha value is -2.18. The van der Waals surface area contributed by atoms with Gasteiger partial charge in [-0.1, -0.05) is 54.1 Å². The number of hydrogen-bond acceptors (Lipinski definition) is 2. The van der Waals surface area contributed by atoms with E-state index in [9.17, 15) is 18.7 Å². The predicted octanol–water partition coefficient (Wildman–Crippen LogP) is 3.70. The van der Waals surface area contributed by atoms with Gasteiger partial charge in [0.2, 0.25) is 0 Å². The number of nitrogens with one attached hydrogen (secondary N) is 2. The molecule has 0 radical (unpaired) electrons. The molecule has 2 amide bonds. The maximum Gasteiger partial charge on any atom is 0.319 e. The molecule has 0 aromatic heterocycles. The second kappa shape index (κ2) is 8.61. The van der Waals surface area contributed by atoms with Crippen LogP contribution in [0.3, 0.4) is 0 Å². The molecule has 0 heterocycles. The lowest BCUT2D eigenvalue weighted by Gasteiger charge is -2.24. The molecule has 24 heavy (non-hydrogen) atoms. The normalized spacial score (nSPS) is 13.4. The van der Waals surface area contributed by atoms with Crippen molar-refractivity contribution >= 4 is 23.3 Å². The number of urea groups is 1. The zero-order chi connectivity index (χ0) is 17.5. The van der Waals surface area contributed by atoms with Gasteiger partial charge in [-0.15, -0.1) is 0 Å². The number of amides is 2. The van der Waals surface area contributed by atoms with Gasteiger partial charge >= 0.3 is 6.03 Å². The fourth-order valence-electron chi connectivity index (χ4n) is 2.19. The van der Waals surface area contributed by atoms with Crippen molar-refractivity contribution in [3.63, 3.8) is 0 Å². The highest BCUT2D eigenvalue weighted by Gasteiger charge is 2.29. The molecule has 0 saturated carbocycles. The lowest BCUT2D eigenvalue weighted by atomic mass is 10.0. The van der Waals surface area contributed by atoms with E-state index in [1.54, 1.807) is 54.6 Å². The molecule has 0 aliphatic rings. The highest BCUT2D eigenvalue weighted by atomic mass is 35.5. The molecule has 0 unspecified atom stereocenters. The zero-order valence-electron chi connectivity index (χ0n) is 12.6. The van der Waals surface area contributed by atoms with Gasteiger partial charge in [0.1, 0.15) is 6.10 Å². The van der Waals surface area contributed by atoms with Crippen molar-refractivity contribution in [1.82, 2.24) is 5.32 Å². The average Bonchev–Trinajstić information content (AvgIpc) is 2.56. The SMILES string of the molecule is O=C(Nc1ccccc1Cl)N[C@@H](Cc1ccccc1)[C@@H](O)C(F)F. The number of aliphatic hydroxyl groups excluding tert-OH is 1. The van der Waals surface area contributed by atoms with Crippen LogP contribution in [0.5, 0.6) is 0 Å². The van der Waals surface area contributed by atoms with E-state index in [0.29, 0.717) is 10.7 Å². The quantitative estimate of drug-likeness (QED) is 0.740. The summed E-state index contributed by atoms with van der Waals surface area (Å²) in [5, 5.41) is 14.9. The van der Waals surface area contributed by atoms with E-state index in [-0.39, 0.29) is 6.42 Å². The topological polar surface area (TPSA) is 61.4 Å². The van der Waals surface area contributed by atoms with Crippen molar-refractivity contribution in [2.75, 3.05) is 5.32 Å². The molecule has 2 rings (SSSR count). The highest BCUT2D eigenvalue weighted by Crippen LogP contribution is 2.20. The molecule has 2 aromatic rings. The largest absolute Gasteiger partial charge is 0.385 e. The van der Waals surface area contributed by atoms with Crippen molar-refractivity contribution in [3.05, 3.63) is 65.2 Å². The third-order valence-electron chi connectivity index (χ3n) is 3.41. The fraction of sp³-hybridized carbons (Fsp3) is 0.235. The third kappa shape index (κ3) is 5.18. The minimum absolute atomic E-state index is 0.0717. The molecular weight excluding hydrogens is 338 g/mol. The molecule has 7 heteroatoms. The first-order chi connectivity index (χ1) is 11.5. The monoisotopic (exact) mass is 354 g/mol. The van der Waals surface area contributed by atoms with Crippen LogP contribution >= 0.6 is 11.6 Å². The summed E-state index contributed by atoms with van der Waals surface area (Å²) in [6.07, 6.45) is -4.89. The molecule has 0 bridgehead atoms. The van der Waals surface area contributed by atoms with Crippen molar-refractivity contribution in [3.8, 4) is 0 Å². The molecule has 2 aromatic carbocycles. The van der Waals surface area contributed by atoms with Crippen LogP contribution in [0.15, 0.2) is 54.6 Å². The van der Waals surface area contributed by atoms with Gasteiger partial charge in [0, 0.05) is 0 Å². The van der Waals surface area contributed by atoms with E-state index in [4.69, 9.17) is 11.6 Å². The zero-order valence-corrected chi connectivity index (χ0v) is 13.4. The summed E-state index contributed by atoms with van der Waals surface area (Å²) in [5.41, 5.74) is 1.07. The van der Waals surface area contributed by atoms with Crippen LogP contribution in [0.2, 0.25) is 5.02 Å². The first-order valence-electron chi connectivity index (χ1n) is 7.29. The van der Waals surface area contributed by atoms with Gasteiger partial charge in [-0.3, -0.25) is 0 Å². The van der Waals surface area contributed by atoms with Gasteiger partial charge in [0.25, 0.3) is 6.43 Å². The number of benzene rings is 2. The summed E-state index contributed by atoms with van der Waals surface area (Å²) >= 11 is 5.94. The summed E-state index contributed by atoms with van der Waals surface area (Å²) in [6.45, 7) is 0. The Morgan fingerprint density at radius 1 is 1.08 bits per heavy atom. The number of anilines is 1. The maximum atomic E-state index is 12.9. The average molecular weight is 355 g/mol. The van der Waals surface area contributed by atoms with Gasteiger partial charge in [-0.2, -0.15) is 0 Å². The van der Waals surface area contributed by atoms with Crippen molar-refractivity contribution < 1.29 is 18.7 Å². The number of halogens is 3. The van der Waals surface area contributed by atoms with Crippen LogP contribution in [-0.2, 0) is 6.42 Å². The van der Waals surface area contributed by atoms with E-state index in [1.165, 1.54) is 0 Å². The number of carbonyl (C=O) groups excluding carboxylic acids is 1. The Kier molecular flexibility index (Phi) is 6.52. The number of alkyl halides is 2. The van der Waals surface area contributed by atoms with Crippen LogP contribution in [0.25, 0.3) is 0 Å². The van der Waals surface area contributed by atoms with Crippen molar-refractivity contribution in [1.29, 1.82) is 0 Å². The number of hydrogen-bond donors (Lipinski definition) is 3. The Bertz CT molecular complexity index is 671. The highest BCUT2D eigenvalue weighted by molar-refractivity contribution is 6.33. The summed E-state index contributed by atoms with van der Waals surface area (Å²) in [4.78, 5) is 12.1. The first-order valence-corrected chi connectivity index (χ1v) is 7.67. The van der Waals surface area contributed by atoms with Crippen LogP contribution in [-0.4, -0.2) is 29.7 Å². The number of carbonyl (C=O) groups is 1. The second-order valence-corrected chi connectivity index (χ2v) is 5.61. The summed E-state index contributed by atoms with van der Waals surface area (Å²) in [7, 11) is 0. The molecule has 3 N–H and O–H groups in total. The Labute approximate surface area is 143 Å². The number of rotatable bonds is 6. The van der Waals surface area contributed by atoms with Crippen LogP contribution < -0.4 is 10.6 Å². The van der Waals surface area contributed by atoms with E-state index >= 15 is 0 Å². The number of aliphatic hydroxyl groups is 1. The van der Waals surface area contributed by atoms with Gasteiger partial charge in [-0.05, 0) is 24.1 Å². The van der Waals surface area contributed by atoms with Crippen molar-refractivity contribution in [2.24, 2.45) is 0 Å². The molecule has 0 saturated heterocycles. The van der Waals surface area contributed by atoms with E-state index in [0.717, 1.165) is 5.56 Å². The first kappa shape index (κ1) is 18.2. The molecular formula is C17H17ClF2N2O2. The molecule has 0 aliphatic heterocycles. The molecule has 0 spiro atoms. The minimum atomic E-state index is -2.97. The van der Waals surface area contributed by atoms with Gasteiger partial charge < -0.3 is 15.7 Å². The maximum absolute atomic E-state index is 12.9. The Balaban J connectivity index is 2.07. The van der Waals surface area contributed by atoms with Gasteiger partial charge in [0.05, 0.1) is 16.8 Å². The van der Waals surface area contributed by atoms with Crippen LogP contribution in [0.4, 0.5) is 19.3 Å². The molecule has 128 valence electrons. The van der Waals surface area contributed by atoms with E-state index in [1.807, 2.05) is 0 Å². The van der Waals surface area contributed by atoms with Gasteiger partial charge in [0.15, 0.2) is 0 Å². The number of para-hydroxylation sites is 1. The summed E-state index contributed by atoms with van der Waals surface area (Å²) in [6, 6.07) is 13.5. The Morgan fingerprint density at radius 3 is 2.33 bits per heavy atom. The van der Waals surface area contributed by atoms with Gasteiger partial charge in [-0.25, -0.2) is 13.6 Å². The lowest BCUT2D eigenvalue weighted by molar-refractivity contribution is -0.0232. The smallest absolute Gasteiger partial charge is 0.319 e. The molecule has 0 aliphatic carbocycles. The van der Waals surface area contributed by atoms with E-state index < -0.39 is 24.6 Å². The van der Waals surface area contributed by atoms with Crippen LogP contribution in [0, 0.1) is 0 Å². The minimum Gasteiger partial charge on any atom is -0.385 e. The predicted molar refractivity (Wildman–Crippen MR) is 89.6 cm³/mol. The molecule has 2 atom stereocenters. The van der Waals surface area contributed by atoms with E-state index in [2.05, 4.69) is 10.6 Å². The Morgan fingerprint density at radius 2 is 1.71 bits per heavy atom. The second-order valence-electron chi connectivity index (χ2n) is 5.20. The standard InChI is InChI=1S/C17H17ClF2N2O2/c18-12-8-4-5-9-13(12)21-17(24)22-14(15(23)16(19)20)10-11-6-2-1-3-7-11/h1-9,14-16,23H,10H2,(H2,21,22,24)/t14-,15+/m0/s1. The molecule has 0 fully saturated rings. The molecule has 4 nitrogen and oxygen atoms in total. The third-order valence-corrected chi connectivity index (χ3v) is 3.74. The lowest BCUT2D eigenvalue weighted by Crippen LogP contribution is -2.49. The van der Waals surface area contributed by atoms with Crippen molar-refractivity contribution in [2.45, 2.75) is 25.0 Å². The van der Waals surface area contributed by atoms with Crippen LogP contribution in [0.1, 0.15) is 5.56 Å².